The number of nitrogens with one attached hydrogen (secondary N) is 1. The number of rotatable bonds is 6. The first-order valence-corrected chi connectivity index (χ1v) is 5.57. The van der Waals surface area contributed by atoms with E-state index in [2.05, 4.69) is 39.9 Å². The van der Waals surface area contributed by atoms with Gasteiger partial charge in [-0.25, -0.2) is 0 Å². The third kappa shape index (κ3) is 5.30. The predicted molar refractivity (Wildman–Crippen MR) is 60.9 cm³/mol. The lowest BCUT2D eigenvalue weighted by Gasteiger charge is -2.30. The van der Waals surface area contributed by atoms with Crippen molar-refractivity contribution < 1.29 is 0 Å². The highest BCUT2D eigenvalue weighted by atomic mass is 14.8. The largest absolute Gasteiger partial charge is 0.319 e. The minimum absolute atomic E-state index is 0.442. The summed E-state index contributed by atoms with van der Waals surface area (Å²) < 4.78 is 0. The maximum atomic E-state index is 3.27. The van der Waals surface area contributed by atoms with E-state index in [9.17, 15) is 0 Å². The van der Waals surface area contributed by atoms with E-state index in [1.807, 2.05) is 7.05 Å². The summed E-state index contributed by atoms with van der Waals surface area (Å²) in [5, 5.41) is 3.27. The molecule has 0 heterocycles. The standard InChI is InChI=1S/C12H27N/c1-7-10(2)11(3)8-12(4,5)9-13-6/h10-11,13H,7-9H2,1-6H3. The molecule has 1 heteroatoms. The molecular formula is C12H27N. The Labute approximate surface area is 84.3 Å². The van der Waals surface area contributed by atoms with Crippen LogP contribution in [0, 0.1) is 17.3 Å². The van der Waals surface area contributed by atoms with E-state index in [-0.39, 0.29) is 0 Å². The molecule has 0 rings (SSSR count). The molecule has 0 aromatic heterocycles. The van der Waals surface area contributed by atoms with Crippen LogP contribution in [-0.2, 0) is 0 Å². The first-order chi connectivity index (χ1) is 5.93. The van der Waals surface area contributed by atoms with Crippen LogP contribution in [0.15, 0.2) is 0 Å². The van der Waals surface area contributed by atoms with Crippen molar-refractivity contribution in [2.75, 3.05) is 13.6 Å². The van der Waals surface area contributed by atoms with Gasteiger partial charge in [0.2, 0.25) is 0 Å². The first kappa shape index (κ1) is 13.0. The second kappa shape index (κ2) is 5.64. The van der Waals surface area contributed by atoms with E-state index < -0.39 is 0 Å². The zero-order chi connectivity index (χ0) is 10.5. The van der Waals surface area contributed by atoms with Gasteiger partial charge in [0, 0.05) is 0 Å². The molecule has 1 N–H and O–H groups in total. The summed E-state index contributed by atoms with van der Waals surface area (Å²) in [7, 11) is 2.04. The highest BCUT2D eigenvalue weighted by Gasteiger charge is 2.22. The Kier molecular flexibility index (Phi) is 5.62. The Morgan fingerprint density at radius 2 is 1.69 bits per heavy atom. The lowest BCUT2D eigenvalue weighted by molar-refractivity contribution is 0.223. The number of hydrogen-bond donors (Lipinski definition) is 1. The van der Waals surface area contributed by atoms with Crippen LogP contribution in [0.5, 0.6) is 0 Å². The van der Waals surface area contributed by atoms with Crippen LogP contribution in [0.1, 0.15) is 47.5 Å². The lowest BCUT2D eigenvalue weighted by atomic mass is 9.78. The molecular weight excluding hydrogens is 158 g/mol. The van der Waals surface area contributed by atoms with Gasteiger partial charge in [-0.2, -0.15) is 0 Å². The highest BCUT2D eigenvalue weighted by molar-refractivity contribution is 4.75. The monoisotopic (exact) mass is 185 g/mol. The van der Waals surface area contributed by atoms with Crippen molar-refractivity contribution in [3.63, 3.8) is 0 Å². The third-order valence-electron chi connectivity index (χ3n) is 3.15. The van der Waals surface area contributed by atoms with Crippen LogP contribution >= 0.6 is 0 Å². The normalized spacial score (nSPS) is 17.1. The van der Waals surface area contributed by atoms with E-state index in [4.69, 9.17) is 0 Å². The fourth-order valence-electron chi connectivity index (χ4n) is 2.03. The second-order valence-corrected chi connectivity index (χ2v) is 5.26. The van der Waals surface area contributed by atoms with Gasteiger partial charge >= 0.3 is 0 Å². The van der Waals surface area contributed by atoms with Crippen LogP contribution in [0.25, 0.3) is 0 Å². The summed E-state index contributed by atoms with van der Waals surface area (Å²) >= 11 is 0. The Morgan fingerprint density at radius 3 is 2.08 bits per heavy atom. The van der Waals surface area contributed by atoms with Crippen molar-refractivity contribution >= 4 is 0 Å². The summed E-state index contributed by atoms with van der Waals surface area (Å²) in [5.41, 5.74) is 0.442. The van der Waals surface area contributed by atoms with Gasteiger partial charge in [0.05, 0.1) is 0 Å². The van der Waals surface area contributed by atoms with Crippen molar-refractivity contribution in [2.24, 2.45) is 17.3 Å². The predicted octanol–water partition coefficient (Wildman–Crippen LogP) is 3.30. The average molecular weight is 185 g/mol. The van der Waals surface area contributed by atoms with Crippen molar-refractivity contribution in [2.45, 2.75) is 47.5 Å². The van der Waals surface area contributed by atoms with Gasteiger partial charge in [-0.05, 0) is 37.3 Å². The molecule has 0 aliphatic heterocycles. The molecule has 2 unspecified atom stereocenters. The smallest absolute Gasteiger partial charge is 0.0000385 e. The van der Waals surface area contributed by atoms with Gasteiger partial charge in [0.15, 0.2) is 0 Å². The molecule has 0 spiro atoms. The molecule has 0 bridgehead atoms. The molecule has 0 aliphatic rings. The van der Waals surface area contributed by atoms with Crippen molar-refractivity contribution in [3.05, 3.63) is 0 Å². The van der Waals surface area contributed by atoms with Gasteiger partial charge in [0.25, 0.3) is 0 Å². The fourth-order valence-corrected chi connectivity index (χ4v) is 2.03. The quantitative estimate of drug-likeness (QED) is 0.669. The summed E-state index contributed by atoms with van der Waals surface area (Å²) in [6.07, 6.45) is 2.62. The third-order valence-corrected chi connectivity index (χ3v) is 3.15. The number of hydrogen-bond acceptors (Lipinski definition) is 1. The first-order valence-electron chi connectivity index (χ1n) is 5.57. The summed E-state index contributed by atoms with van der Waals surface area (Å²) in [5.74, 6) is 1.70. The van der Waals surface area contributed by atoms with E-state index in [0.717, 1.165) is 18.4 Å². The zero-order valence-corrected chi connectivity index (χ0v) is 10.3. The molecule has 13 heavy (non-hydrogen) atoms. The van der Waals surface area contributed by atoms with Crippen LogP contribution in [0.3, 0.4) is 0 Å². The highest BCUT2D eigenvalue weighted by Crippen LogP contribution is 2.29. The molecule has 0 fully saturated rings. The minimum atomic E-state index is 0.442. The van der Waals surface area contributed by atoms with Gasteiger partial charge in [-0.3, -0.25) is 0 Å². The van der Waals surface area contributed by atoms with E-state index in [1.54, 1.807) is 0 Å². The molecule has 0 radical (unpaired) electrons. The molecule has 0 aromatic rings. The van der Waals surface area contributed by atoms with Crippen LogP contribution in [-0.4, -0.2) is 13.6 Å². The fraction of sp³-hybridized carbons (Fsp3) is 1.00. The lowest BCUT2D eigenvalue weighted by Crippen LogP contribution is -2.29. The van der Waals surface area contributed by atoms with Crippen LogP contribution in [0.4, 0.5) is 0 Å². The molecule has 0 aromatic carbocycles. The average Bonchev–Trinajstić information content (AvgIpc) is 2.01. The molecule has 1 nitrogen and oxygen atoms in total. The maximum Gasteiger partial charge on any atom is -0.0000385 e. The summed E-state index contributed by atoms with van der Waals surface area (Å²) in [4.78, 5) is 0. The van der Waals surface area contributed by atoms with Crippen LogP contribution in [0.2, 0.25) is 0 Å². The van der Waals surface area contributed by atoms with Gasteiger partial charge in [0.1, 0.15) is 0 Å². The molecule has 0 saturated heterocycles. The molecule has 80 valence electrons. The SMILES string of the molecule is CCC(C)C(C)CC(C)(C)CNC. The Bertz CT molecular complexity index is 129. The molecule has 0 aliphatic carbocycles. The minimum Gasteiger partial charge on any atom is -0.319 e. The maximum absolute atomic E-state index is 3.27. The van der Waals surface area contributed by atoms with Gasteiger partial charge in [-0.15, -0.1) is 0 Å². The van der Waals surface area contributed by atoms with Crippen molar-refractivity contribution in [1.82, 2.24) is 5.32 Å². The second-order valence-electron chi connectivity index (χ2n) is 5.26. The topological polar surface area (TPSA) is 12.0 Å². The van der Waals surface area contributed by atoms with Crippen molar-refractivity contribution in [3.8, 4) is 0 Å². The Balaban J connectivity index is 3.94. The Hall–Kier alpha value is -0.0400. The summed E-state index contributed by atoms with van der Waals surface area (Å²) in [6, 6.07) is 0. The molecule has 0 saturated carbocycles. The summed E-state index contributed by atoms with van der Waals surface area (Å²) in [6.45, 7) is 12.8. The van der Waals surface area contributed by atoms with Crippen molar-refractivity contribution in [1.29, 1.82) is 0 Å². The van der Waals surface area contributed by atoms with Gasteiger partial charge in [-0.1, -0.05) is 41.0 Å². The molecule has 2 atom stereocenters. The molecule has 0 amide bonds. The van der Waals surface area contributed by atoms with Gasteiger partial charge < -0.3 is 5.32 Å². The van der Waals surface area contributed by atoms with E-state index >= 15 is 0 Å². The van der Waals surface area contributed by atoms with E-state index in [0.29, 0.717) is 5.41 Å². The Morgan fingerprint density at radius 1 is 1.15 bits per heavy atom. The zero-order valence-electron chi connectivity index (χ0n) is 10.3. The van der Waals surface area contributed by atoms with E-state index in [1.165, 1.54) is 12.8 Å². The van der Waals surface area contributed by atoms with Crippen LogP contribution < -0.4 is 5.32 Å².